The van der Waals surface area contributed by atoms with Crippen LogP contribution in [0.4, 0.5) is 5.69 Å². The highest BCUT2D eigenvalue weighted by molar-refractivity contribution is 9.10. The topological polar surface area (TPSA) is 29.1 Å². The van der Waals surface area contributed by atoms with Gasteiger partial charge >= 0.3 is 0 Å². The molecular formula is C10H10BrNO. The summed E-state index contributed by atoms with van der Waals surface area (Å²) in [5.41, 5.74) is 2.16. The van der Waals surface area contributed by atoms with Gasteiger partial charge in [-0.25, -0.2) is 0 Å². The van der Waals surface area contributed by atoms with Crippen molar-refractivity contribution in [2.45, 2.75) is 13.3 Å². The van der Waals surface area contributed by atoms with Gasteiger partial charge in [-0.15, -0.1) is 0 Å². The first-order valence-corrected chi connectivity index (χ1v) is 5.05. The van der Waals surface area contributed by atoms with E-state index in [0.29, 0.717) is 0 Å². The molecule has 0 radical (unpaired) electrons. The number of nitrogens with one attached hydrogen (secondary N) is 1. The van der Waals surface area contributed by atoms with Crippen LogP contribution in [0, 0.1) is 5.92 Å². The van der Waals surface area contributed by atoms with Gasteiger partial charge in [0.2, 0.25) is 5.91 Å². The van der Waals surface area contributed by atoms with Gasteiger partial charge in [-0.3, -0.25) is 4.79 Å². The molecule has 1 aliphatic heterocycles. The lowest BCUT2D eigenvalue weighted by atomic mass is 9.95. The summed E-state index contributed by atoms with van der Waals surface area (Å²) < 4.78 is 1.06. The fourth-order valence-corrected chi connectivity index (χ4v) is 1.94. The number of carbonyl (C=O) groups excluding carboxylic acids is 1. The molecule has 13 heavy (non-hydrogen) atoms. The Hall–Kier alpha value is -0.830. The zero-order valence-corrected chi connectivity index (χ0v) is 8.89. The normalized spacial score (nSPS) is 20.8. The standard InChI is InChI=1S/C10H10BrNO/c1-6-4-7-5-8(11)2-3-9(7)12-10(6)13/h2-3,5-6H,4H2,1H3,(H,12,13)/t6-/m0/s1. The zero-order valence-electron chi connectivity index (χ0n) is 7.30. The van der Waals surface area contributed by atoms with Crippen LogP contribution >= 0.6 is 15.9 Å². The molecule has 1 N–H and O–H groups in total. The minimum atomic E-state index is 0.0850. The molecule has 1 heterocycles. The molecule has 1 atom stereocenters. The van der Waals surface area contributed by atoms with Crippen molar-refractivity contribution < 1.29 is 4.79 Å². The highest BCUT2D eigenvalue weighted by Gasteiger charge is 2.21. The number of fused-ring (bicyclic) bond motifs is 1. The second-order valence-electron chi connectivity index (χ2n) is 3.40. The summed E-state index contributed by atoms with van der Waals surface area (Å²) in [6, 6.07) is 5.93. The van der Waals surface area contributed by atoms with Gasteiger partial charge in [-0.05, 0) is 30.2 Å². The van der Waals surface area contributed by atoms with E-state index in [1.165, 1.54) is 5.56 Å². The van der Waals surface area contributed by atoms with Crippen molar-refractivity contribution >= 4 is 27.5 Å². The number of halogens is 1. The molecule has 1 amide bonds. The van der Waals surface area contributed by atoms with E-state index in [0.717, 1.165) is 16.6 Å². The van der Waals surface area contributed by atoms with Crippen LogP contribution in [0.25, 0.3) is 0 Å². The number of anilines is 1. The van der Waals surface area contributed by atoms with E-state index in [9.17, 15) is 4.79 Å². The molecule has 68 valence electrons. The van der Waals surface area contributed by atoms with E-state index in [2.05, 4.69) is 27.3 Å². The molecule has 2 rings (SSSR count). The van der Waals surface area contributed by atoms with Crippen molar-refractivity contribution in [1.29, 1.82) is 0 Å². The van der Waals surface area contributed by atoms with Crippen LogP contribution in [0.3, 0.4) is 0 Å². The van der Waals surface area contributed by atoms with Crippen LogP contribution in [0.1, 0.15) is 12.5 Å². The second kappa shape index (κ2) is 3.14. The van der Waals surface area contributed by atoms with Crippen molar-refractivity contribution in [3.8, 4) is 0 Å². The molecule has 0 saturated carbocycles. The van der Waals surface area contributed by atoms with Crippen LogP contribution in [0.15, 0.2) is 22.7 Å². The number of hydrogen-bond acceptors (Lipinski definition) is 1. The first-order chi connectivity index (χ1) is 6.16. The summed E-state index contributed by atoms with van der Waals surface area (Å²) in [4.78, 5) is 11.3. The first kappa shape index (κ1) is 8.75. The molecule has 0 unspecified atom stereocenters. The van der Waals surface area contributed by atoms with Crippen molar-refractivity contribution in [3.63, 3.8) is 0 Å². The fraction of sp³-hybridized carbons (Fsp3) is 0.300. The Morgan fingerprint density at radius 2 is 2.31 bits per heavy atom. The molecule has 1 aromatic carbocycles. The van der Waals surface area contributed by atoms with Crippen LogP contribution < -0.4 is 5.32 Å². The van der Waals surface area contributed by atoms with E-state index in [-0.39, 0.29) is 11.8 Å². The smallest absolute Gasteiger partial charge is 0.227 e. The molecule has 0 fully saturated rings. The average Bonchev–Trinajstić information content (AvgIpc) is 2.08. The highest BCUT2D eigenvalue weighted by Crippen LogP contribution is 2.27. The van der Waals surface area contributed by atoms with Gasteiger partial charge in [0.1, 0.15) is 0 Å². The highest BCUT2D eigenvalue weighted by atomic mass is 79.9. The van der Waals surface area contributed by atoms with Gasteiger partial charge in [0.05, 0.1) is 0 Å². The Labute approximate surface area is 85.5 Å². The minimum absolute atomic E-state index is 0.0850. The lowest BCUT2D eigenvalue weighted by Gasteiger charge is -2.21. The molecule has 3 heteroatoms. The molecule has 1 aliphatic rings. The third-order valence-electron chi connectivity index (χ3n) is 2.30. The van der Waals surface area contributed by atoms with Crippen LogP contribution in [0.2, 0.25) is 0 Å². The SMILES string of the molecule is C[C@H]1Cc2cc(Br)ccc2NC1=O. The summed E-state index contributed by atoms with van der Waals surface area (Å²) >= 11 is 3.41. The third kappa shape index (κ3) is 1.61. The maximum absolute atomic E-state index is 11.3. The summed E-state index contributed by atoms with van der Waals surface area (Å²) in [6.45, 7) is 1.94. The predicted octanol–water partition coefficient (Wildman–Crippen LogP) is 2.58. The average molecular weight is 240 g/mol. The molecular weight excluding hydrogens is 230 g/mol. The van der Waals surface area contributed by atoms with Gasteiger partial charge in [-0.1, -0.05) is 22.9 Å². The van der Waals surface area contributed by atoms with Gasteiger partial charge in [0.25, 0.3) is 0 Å². The number of rotatable bonds is 0. The summed E-state index contributed by atoms with van der Waals surface area (Å²) in [5.74, 6) is 0.205. The predicted molar refractivity (Wildman–Crippen MR) is 55.6 cm³/mol. The third-order valence-corrected chi connectivity index (χ3v) is 2.79. The van der Waals surface area contributed by atoms with E-state index in [1.54, 1.807) is 0 Å². The maximum atomic E-state index is 11.3. The van der Waals surface area contributed by atoms with Crippen molar-refractivity contribution in [2.75, 3.05) is 5.32 Å². The second-order valence-corrected chi connectivity index (χ2v) is 4.31. The fourth-order valence-electron chi connectivity index (χ4n) is 1.53. The number of hydrogen-bond donors (Lipinski definition) is 1. The van der Waals surface area contributed by atoms with E-state index < -0.39 is 0 Å². The molecule has 0 saturated heterocycles. The van der Waals surface area contributed by atoms with Gasteiger partial charge in [0, 0.05) is 16.1 Å². The van der Waals surface area contributed by atoms with Crippen molar-refractivity contribution in [3.05, 3.63) is 28.2 Å². The van der Waals surface area contributed by atoms with E-state index >= 15 is 0 Å². The largest absolute Gasteiger partial charge is 0.326 e. The monoisotopic (exact) mass is 239 g/mol. The number of carbonyl (C=O) groups is 1. The van der Waals surface area contributed by atoms with Crippen LogP contribution in [0.5, 0.6) is 0 Å². The lowest BCUT2D eigenvalue weighted by Crippen LogP contribution is -2.27. The van der Waals surface area contributed by atoms with E-state index in [1.807, 2.05) is 19.1 Å². The van der Waals surface area contributed by atoms with E-state index in [4.69, 9.17) is 0 Å². The van der Waals surface area contributed by atoms with Gasteiger partial charge in [-0.2, -0.15) is 0 Å². The zero-order chi connectivity index (χ0) is 9.42. The molecule has 1 aromatic rings. The van der Waals surface area contributed by atoms with Crippen LogP contribution in [-0.4, -0.2) is 5.91 Å². The quantitative estimate of drug-likeness (QED) is 0.741. The first-order valence-electron chi connectivity index (χ1n) is 4.26. The Balaban J connectivity index is 2.42. The molecule has 2 nitrogen and oxygen atoms in total. The van der Waals surface area contributed by atoms with Gasteiger partial charge in [0.15, 0.2) is 0 Å². The van der Waals surface area contributed by atoms with Crippen molar-refractivity contribution in [2.24, 2.45) is 5.92 Å². The van der Waals surface area contributed by atoms with Gasteiger partial charge < -0.3 is 5.32 Å². The van der Waals surface area contributed by atoms with Crippen molar-refractivity contribution in [1.82, 2.24) is 0 Å². The number of amides is 1. The minimum Gasteiger partial charge on any atom is -0.326 e. The lowest BCUT2D eigenvalue weighted by molar-refractivity contribution is -0.119. The van der Waals surface area contributed by atoms with Crippen LogP contribution in [-0.2, 0) is 11.2 Å². The Kier molecular flexibility index (Phi) is 2.12. The summed E-state index contributed by atoms with van der Waals surface area (Å²) in [6.07, 6.45) is 0.834. The number of benzene rings is 1. The summed E-state index contributed by atoms with van der Waals surface area (Å²) in [7, 11) is 0. The molecule has 0 aliphatic carbocycles. The molecule has 0 spiro atoms. The Morgan fingerprint density at radius 3 is 3.08 bits per heavy atom. The molecule has 0 bridgehead atoms. The maximum Gasteiger partial charge on any atom is 0.227 e. The Morgan fingerprint density at radius 1 is 1.54 bits per heavy atom. The molecule has 0 aromatic heterocycles. The Bertz CT molecular complexity index is 362. The summed E-state index contributed by atoms with van der Waals surface area (Å²) in [5, 5.41) is 2.88.